The molecule has 0 fully saturated rings. The molecule has 6 heteroatoms. The van der Waals surface area contributed by atoms with Crippen molar-refractivity contribution < 1.29 is 9.90 Å². The van der Waals surface area contributed by atoms with Crippen LogP contribution in [0.5, 0.6) is 5.75 Å². The lowest BCUT2D eigenvalue weighted by Crippen LogP contribution is -2.37. The third kappa shape index (κ3) is 2.01. The minimum absolute atomic E-state index is 0.0584. The van der Waals surface area contributed by atoms with E-state index in [-0.39, 0.29) is 17.2 Å². The molecule has 98 valence electrons. The van der Waals surface area contributed by atoms with Crippen LogP contribution < -0.4 is 5.56 Å². The van der Waals surface area contributed by atoms with Gasteiger partial charge in [0.1, 0.15) is 5.75 Å². The van der Waals surface area contributed by atoms with E-state index in [9.17, 15) is 14.7 Å². The Morgan fingerprint density at radius 2 is 2.16 bits per heavy atom. The molecule has 3 rings (SSSR count). The molecule has 0 unspecified atom stereocenters. The van der Waals surface area contributed by atoms with Gasteiger partial charge < -0.3 is 15.1 Å². The van der Waals surface area contributed by atoms with Crippen molar-refractivity contribution >= 4 is 5.91 Å². The summed E-state index contributed by atoms with van der Waals surface area (Å²) in [4.78, 5) is 25.5. The first kappa shape index (κ1) is 11.6. The average Bonchev–Trinajstić information content (AvgIpc) is 2.79. The van der Waals surface area contributed by atoms with Gasteiger partial charge in [0.15, 0.2) is 0 Å². The van der Waals surface area contributed by atoms with Crippen LogP contribution in [0.15, 0.2) is 29.1 Å². The average molecular weight is 259 g/mol. The summed E-state index contributed by atoms with van der Waals surface area (Å²) in [7, 11) is 0. The molecule has 19 heavy (non-hydrogen) atoms. The summed E-state index contributed by atoms with van der Waals surface area (Å²) in [6.07, 6.45) is 0.624. The highest BCUT2D eigenvalue weighted by atomic mass is 16.3. The van der Waals surface area contributed by atoms with Crippen molar-refractivity contribution in [1.82, 2.24) is 15.1 Å². The van der Waals surface area contributed by atoms with Crippen LogP contribution >= 0.6 is 0 Å². The summed E-state index contributed by atoms with van der Waals surface area (Å²) in [5.41, 5.74) is 1.73. The van der Waals surface area contributed by atoms with E-state index in [2.05, 4.69) is 10.2 Å². The summed E-state index contributed by atoms with van der Waals surface area (Å²) in [5.74, 6) is -0.120. The molecule has 0 saturated heterocycles. The Balaban J connectivity index is 1.87. The Labute approximate surface area is 108 Å². The number of rotatable bonds is 1. The number of hydrogen-bond acceptors (Lipinski definition) is 3. The van der Waals surface area contributed by atoms with Crippen molar-refractivity contribution in [3.63, 3.8) is 0 Å². The Kier molecular flexibility index (Phi) is 2.63. The minimum Gasteiger partial charge on any atom is -0.508 e. The lowest BCUT2D eigenvalue weighted by molar-refractivity contribution is 0.0733. The molecule has 0 radical (unpaired) electrons. The molecular formula is C13H13N3O3. The number of fused-ring (bicyclic) bond motifs is 1. The summed E-state index contributed by atoms with van der Waals surface area (Å²) < 4.78 is 0. The molecule has 3 N–H and O–H groups in total. The van der Waals surface area contributed by atoms with Gasteiger partial charge in [-0.3, -0.25) is 14.7 Å². The highest BCUT2D eigenvalue weighted by Crippen LogP contribution is 2.18. The Morgan fingerprint density at radius 1 is 1.32 bits per heavy atom. The summed E-state index contributed by atoms with van der Waals surface area (Å²) in [6.45, 7) is 0.845. The molecule has 1 aromatic heterocycles. The number of aromatic nitrogens is 2. The quantitative estimate of drug-likeness (QED) is 0.701. The summed E-state index contributed by atoms with van der Waals surface area (Å²) in [6, 6.07) is 6.22. The first-order valence-corrected chi connectivity index (χ1v) is 6.02. The zero-order chi connectivity index (χ0) is 13.4. The molecule has 1 aliphatic rings. The van der Waals surface area contributed by atoms with Gasteiger partial charge in [-0.25, -0.2) is 0 Å². The van der Waals surface area contributed by atoms with E-state index in [1.54, 1.807) is 17.0 Å². The highest BCUT2D eigenvalue weighted by Gasteiger charge is 2.24. The van der Waals surface area contributed by atoms with Gasteiger partial charge in [0.05, 0.1) is 12.1 Å². The minimum atomic E-state index is -0.179. The molecule has 0 bridgehead atoms. The number of nitrogens with one attached hydrogen (secondary N) is 2. The van der Waals surface area contributed by atoms with Gasteiger partial charge in [0.2, 0.25) is 0 Å². The highest BCUT2D eigenvalue weighted by molar-refractivity contribution is 5.94. The number of phenolic OH excluding ortho intramolecular Hbond substituents is 1. The maximum absolute atomic E-state index is 12.3. The molecule has 1 aromatic carbocycles. The standard InChI is InChI=1S/C13H13N3O3/c17-9-3-1-2-8(6-9)13(19)16-5-4-11-10(7-16)12(18)15-14-11/h1-3,6,17H,4-5,7H2,(H2,14,15,18). The molecule has 2 aromatic rings. The van der Waals surface area contributed by atoms with Crippen LogP contribution in [0, 0.1) is 0 Å². The van der Waals surface area contributed by atoms with Crippen molar-refractivity contribution in [3.05, 3.63) is 51.4 Å². The molecule has 0 saturated carbocycles. The van der Waals surface area contributed by atoms with Gasteiger partial charge in [0, 0.05) is 24.2 Å². The number of H-pyrrole nitrogens is 2. The number of amides is 1. The van der Waals surface area contributed by atoms with Crippen LogP contribution in [0.2, 0.25) is 0 Å². The number of nitrogens with zero attached hydrogens (tertiary/aromatic N) is 1. The van der Waals surface area contributed by atoms with Gasteiger partial charge in [-0.1, -0.05) is 6.07 Å². The van der Waals surface area contributed by atoms with Crippen LogP contribution in [-0.2, 0) is 13.0 Å². The van der Waals surface area contributed by atoms with Crippen LogP contribution in [-0.4, -0.2) is 32.7 Å². The fraction of sp³-hybridized carbons (Fsp3) is 0.231. The van der Waals surface area contributed by atoms with Crippen LogP contribution in [0.25, 0.3) is 0 Å². The third-order valence-corrected chi connectivity index (χ3v) is 3.33. The Bertz CT molecular complexity index is 686. The first-order valence-electron chi connectivity index (χ1n) is 6.02. The van der Waals surface area contributed by atoms with Crippen molar-refractivity contribution in [2.45, 2.75) is 13.0 Å². The zero-order valence-electron chi connectivity index (χ0n) is 10.1. The van der Waals surface area contributed by atoms with Crippen molar-refractivity contribution in [2.24, 2.45) is 0 Å². The third-order valence-electron chi connectivity index (χ3n) is 3.33. The van der Waals surface area contributed by atoms with Gasteiger partial charge >= 0.3 is 0 Å². The normalized spacial score (nSPS) is 14.2. The monoisotopic (exact) mass is 259 g/mol. The maximum atomic E-state index is 12.3. The number of carbonyl (C=O) groups excluding carboxylic acids is 1. The number of benzene rings is 1. The molecule has 0 spiro atoms. The molecule has 6 nitrogen and oxygen atoms in total. The molecule has 0 atom stereocenters. The molecular weight excluding hydrogens is 246 g/mol. The second-order valence-electron chi connectivity index (χ2n) is 4.56. The van der Waals surface area contributed by atoms with E-state index in [4.69, 9.17) is 0 Å². The van der Waals surface area contributed by atoms with Gasteiger partial charge in [-0.2, -0.15) is 0 Å². The maximum Gasteiger partial charge on any atom is 0.269 e. The second-order valence-corrected chi connectivity index (χ2v) is 4.56. The van der Waals surface area contributed by atoms with E-state index in [1.807, 2.05) is 0 Å². The number of carbonyl (C=O) groups is 1. The zero-order valence-corrected chi connectivity index (χ0v) is 10.1. The van der Waals surface area contributed by atoms with Gasteiger partial charge in [-0.05, 0) is 18.2 Å². The lowest BCUT2D eigenvalue weighted by Gasteiger charge is -2.26. The topological polar surface area (TPSA) is 89.2 Å². The molecule has 2 heterocycles. The van der Waals surface area contributed by atoms with E-state index in [1.165, 1.54) is 12.1 Å². The lowest BCUT2D eigenvalue weighted by atomic mass is 10.1. The Hall–Kier alpha value is -2.50. The predicted molar refractivity (Wildman–Crippen MR) is 68.0 cm³/mol. The second kappa shape index (κ2) is 4.31. The van der Waals surface area contributed by atoms with E-state index in [0.29, 0.717) is 30.6 Å². The molecule has 1 amide bonds. The Morgan fingerprint density at radius 3 is 2.95 bits per heavy atom. The molecule has 1 aliphatic heterocycles. The largest absolute Gasteiger partial charge is 0.508 e. The predicted octanol–water partition coefficient (Wildman–Crippen LogP) is 0.607. The smallest absolute Gasteiger partial charge is 0.269 e. The number of phenols is 1. The van der Waals surface area contributed by atoms with E-state index >= 15 is 0 Å². The first-order chi connectivity index (χ1) is 9.15. The van der Waals surface area contributed by atoms with Crippen LogP contribution in [0.4, 0.5) is 0 Å². The van der Waals surface area contributed by atoms with Gasteiger partial charge in [-0.15, -0.1) is 0 Å². The SMILES string of the molecule is O=C(c1cccc(O)c1)N1CCc2[nH][nH]c(=O)c2C1. The summed E-state index contributed by atoms with van der Waals surface area (Å²) in [5, 5.41) is 14.7. The number of hydrogen-bond donors (Lipinski definition) is 3. The fourth-order valence-corrected chi connectivity index (χ4v) is 2.31. The fourth-order valence-electron chi connectivity index (χ4n) is 2.31. The van der Waals surface area contributed by atoms with E-state index < -0.39 is 0 Å². The van der Waals surface area contributed by atoms with Crippen LogP contribution in [0.1, 0.15) is 21.6 Å². The van der Waals surface area contributed by atoms with E-state index in [0.717, 1.165) is 5.69 Å². The number of aromatic hydroxyl groups is 1. The summed E-state index contributed by atoms with van der Waals surface area (Å²) >= 11 is 0. The van der Waals surface area contributed by atoms with Crippen molar-refractivity contribution in [1.29, 1.82) is 0 Å². The van der Waals surface area contributed by atoms with Crippen molar-refractivity contribution in [2.75, 3.05) is 6.54 Å². The number of aromatic amines is 2. The van der Waals surface area contributed by atoms with Crippen LogP contribution in [0.3, 0.4) is 0 Å². The van der Waals surface area contributed by atoms with Gasteiger partial charge in [0.25, 0.3) is 11.5 Å². The van der Waals surface area contributed by atoms with Crippen molar-refractivity contribution in [3.8, 4) is 5.75 Å². The molecule has 0 aliphatic carbocycles.